The first-order valence-corrected chi connectivity index (χ1v) is 12.0. The van der Waals surface area contributed by atoms with E-state index in [4.69, 9.17) is 0 Å². The fraction of sp³-hybridized carbons (Fsp3) is 0.300. The lowest BCUT2D eigenvalue weighted by atomic mass is 9.92. The molecule has 4 rings (SSSR count). The van der Waals surface area contributed by atoms with Crippen molar-refractivity contribution >= 4 is 11.6 Å². The summed E-state index contributed by atoms with van der Waals surface area (Å²) in [6, 6.07) is 29.7. The van der Waals surface area contributed by atoms with Gasteiger partial charge in [0.15, 0.2) is 0 Å². The maximum absolute atomic E-state index is 13.2. The van der Waals surface area contributed by atoms with Gasteiger partial charge in [0, 0.05) is 26.2 Å². The highest BCUT2D eigenvalue weighted by Gasteiger charge is 2.31. The van der Waals surface area contributed by atoms with E-state index in [0.717, 1.165) is 29.8 Å². The molecule has 3 aromatic carbocycles. The average Bonchev–Trinajstić information content (AvgIpc) is 2.86. The van der Waals surface area contributed by atoms with Gasteiger partial charge in [-0.2, -0.15) is 0 Å². The third kappa shape index (κ3) is 5.40. The summed E-state index contributed by atoms with van der Waals surface area (Å²) in [5, 5.41) is 3.25. The maximum Gasteiger partial charge on any atom is 0.318 e. The van der Waals surface area contributed by atoms with Gasteiger partial charge in [-0.15, -0.1) is 0 Å². The molecule has 176 valence electrons. The average molecular weight is 454 g/mol. The molecule has 0 saturated carbocycles. The predicted octanol–water partition coefficient (Wildman–Crippen LogP) is 6.07. The fourth-order valence-electron chi connectivity index (χ4n) is 4.66. The molecule has 0 aromatic heterocycles. The molecule has 3 aromatic rings. The van der Waals surface area contributed by atoms with Crippen LogP contribution in [0, 0.1) is 0 Å². The molecule has 0 spiro atoms. The van der Waals surface area contributed by atoms with Crippen molar-refractivity contribution in [3.63, 3.8) is 0 Å². The molecule has 0 bridgehead atoms. The normalized spacial score (nSPS) is 14.8. The number of hydrogen-bond donors (Lipinski definition) is 1. The molecule has 0 unspecified atom stereocenters. The van der Waals surface area contributed by atoms with E-state index in [2.05, 4.69) is 110 Å². The minimum Gasteiger partial charge on any atom is -0.329 e. The molecular formula is C30H35N3O. The summed E-state index contributed by atoms with van der Waals surface area (Å²) in [6.07, 6.45) is 0. The standard InChI is InChI=1S/C30H35N3O/c1-23(2)26-16-11-17-27(22-26)30(3,4)31-29(34)33-20-18-32(19-21-33)28(24-12-7-5-8-13-24)25-14-9-6-10-15-25/h5-17,22,28H,1,18-21H2,2-4H3,(H,31,34). The zero-order valence-corrected chi connectivity index (χ0v) is 20.5. The zero-order valence-electron chi connectivity index (χ0n) is 20.5. The number of carbonyl (C=O) groups excluding carboxylic acids is 1. The van der Waals surface area contributed by atoms with Gasteiger partial charge in [0.25, 0.3) is 0 Å². The quantitative estimate of drug-likeness (QED) is 0.492. The van der Waals surface area contributed by atoms with Gasteiger partial charge in [0.05, 0.1) is 11.6 Å². The van der Waals surface area contributed by atoms with Crippen LogP contribution in [0.15, 0.2) is 91.5 Å². The Balaban J connectivity index is 1.44. The number of amides is 2. The van der Waals surface area contributed by atoms with Crippen molar-refractivity contribution in [2.75, 3.05) is 26.2 Å². The molecule has 4 heteroatoms. The number of benzene rings is 3. The summed E-state index contributed by atoms with van der Waals surface area (Å²) < 4.78 is 0. The molecule has 0 atom stereocenters. The molecule has 4 nitrogen and oxygen atoms in total. The Hall–Kier alpha value is -3.37. The van der Waals surface area contributed by atoms with Crippen molar-refractivity contribution in [1.82, 2.24) is 15.1 Å². The number of allylic oxidation sites excluding steroid dienone is 1. The fourth-order valence-corrected chi connectivity index (χ4v) is 4.66. The summed E-state index contributed by atoms with van der Waals surface area (Å²) in [5.41, 5.74) is 5.28. The highest BCUT2D eigenvalue weighted by atomic mass is 16.2. The second-order valence-electron chi connectivity index (χ2n) is 9.66. The van der Waals surface area contributed by atoms with Crippen LogP contribution in [0.4, 0.5) is 4.79 Å². The van der Waals surface area contributed by atoms with Crippen LogP contribution in [-0.2, 0) is 5.54 Å². The summed E-state index contributed by atoms with van der Waals surface area (Å²) >= 11 is 0. The van der Waals surface area contributed by atoms with Crippen LogP contribution in [-0.4, -0.2) is 42.0 Å². The van der Waals surface area contributed by atoms with E-state index in [-0.39, 0.29) is 12.1 Å². The number of nitrogens with one attached hydrogen (secondary N) is 1. The Kier molecular flexibility index (Phi) is 7.18. The molecular weight excluding hydrogens is 418 g/mol. The third-order valence-corrected chi connectivity index (χ3v) is 6.69. The number of urea groups is 1. The van der Waals surface area contributed by atoms with Gasteiger partial charge < -0.3 is 10.2 Å². The lowest BCUT2D eigenvalue weighted by Crippen LogP contribution is -2.55. The van der Waals surface area contributed by atoms with E-state index in [0.29, 0.717) is 13.1 Å². The van der Waals surface area contributed by atoms with E-state index in [9.17, 15) is 4.79 Å². The highest BCUT2D eigenvalue weighted by molar-refractivity contribution is 5.75. The van der Waals surface area contributed by atoms with E-state index in [1.807, 2.05) is 17.9 Å². The maximum atomic E-state index is 13.2. The molecule has 1 saturated heterocycles. The molecule has 1 heterocycles. The molecule has 0 radical (unpaired) electrons. The van der Waals surface area contributed by atoms with Crippen molar-refractivity contribution in [2.45, 2.75) is 32.4 Å². The molecule has 2 amide bonds. The number of rotatable bonds is 6. The summed E-state index contributed by atoms with van der Waals surface area (Å²) in [5.74, 6) is 0. The minimum atomic E-state index is -0.476. The number of carbonyl (C=O) groups is 1. The van der Waals surface area contributed by atoms with Gasteiger partial charge in [-0.1, -0.05) is 91.0 Å². The summed E-state index contributed by atoms with van der Waals surface area (Å²) in [7, 11) is 0. The first-order chi connectivity index (χ1) is 16.3. The predicted molar refractivity (Wildman–Crippen MR) is 141 cm³/mol. The Bertz CT molecular complexity index is 1080. The van der Waals surface area contributed by atoms with Crippen molar-refractivity contribution in [1.29, 1.82) is 0 Å². The van der Waals surface area contributed by atoms with E-state index >= 15 is 0 Å². The molecule has 1 aliphatic heterocycles. The van der Waals surface area contributed by atoms with E-state index in [1.165, 1.54) is 11.1 Å². The van der Waals surface area contributed by atoms with Crippen LogP contribution >= 0.6 is 0 Å². The van der Waals surface area contributed by atoms with Crippen molar-refractivity contribution in [3.05, 3.63) is 114 Å². The van der Waals surface area contributed by atoms with Crippen LogP contribution in [0.3, 0.4) is 0 Å². The molecule has 34 heavy (non-hydrogen) atoms. The molecule has 1 N–H and O–H groups in total. The van der Waals surface area contributed by atoms with Gasteiger partial charge in [-0.25, -0.2) is 4.79 Å². The largest absolute Gasteiger partial charge is 0.329 e. The smallest absolute Gasteiger partial charge is 0.318 e. The van der Waals surface area contributed by atoms with Crippen LogP contribution in [0.1, 0.15) is 49.1 Å². The SMILES string of the molecule is C=C(C)c1cccc(C(C)(C)NC(=O)N2CCN(C(c3ccccc3)c3ccccc3)CC2)c1. The molecule has 1 aliphatic rings. The molecule has 1 fully saturated rings. The second-order valence-corrected chi connectivity index (χ2v) is 9.66. The Morgan fingerprint density at radius 2 is 1.41 bits per heavy atom. The summed E-state index contributed by atoms with van der Waals surface area (Å²) in [4.78, 5) is 17.6. The van der Waals surface area contributed by atoms with Gasteiger partial charge in [0.1, 0.15) is 0 Å². The van der Waals surface area contributed by atoms with Gasteiger partial charge in [-0.3, -0.25) is 4.90 Å². The van der Waals surface area contributed by atoms with E-state index in [1.54, 1.807) is 0 Å². The van der Waals surface area contributed by atoms with Gasteiger partial charge in [-0.05, 0) is 49.1 Å². The number of nitrogens with zero attached hydrogens (tertiary/aromatic N) is 2. The van der Waals surface area contributed by atoms with Gasteiger partial charge in [0.2, 0.25) is 0 Å². The molecule has 0 aliphatic carbocycles. The first-order valence-electron chi connectivity index (χ1n) is 12.0. The lowest BCUT2D eigenvalue weighted by Gasteiger charge is -2.41. The van der Waals surface area contributed by atoms with Crippen LogP contribution in [0.25, 0.3) is 5.57 Å². The van der Waals surface area contributed by atoms with Crippen LogP contribution in [0.5, 0.6) is 0 Å². The first kappa shape index (κ1) is 23.8. The Labute approximate surface area is 203 Å². The van der Waals surface area contributed by atoms with Crippen molar-refractivity contribution in [2.24, 2.45) is 0 Å². The Morgan fingerprint density at radius 1 is 0.853 bits per heavy atom. The Morgan fingerprint density at radius 3 is 1.94 bits per heavy atom. The highest BCUT2D eigenvalue weighted by Crippen LogP contribution is 2.30. The topological polar surface area (TPSA) is 35.6 Å². The van der Waals surface area contributed by atoms with Gasteiger partial charge >= 0.3 is 6.03 Å². The third-order valence-electron chi connectivity index (χ3n) is 6.69. The van der Waals surface area contributed by atoms with Crippen LogP contribution in [0.2, 0.25) is 0 Å². The van der Waals surface area contributed by atoms with E-state index < -0.39 is 5.54 Å². The monoisotopic (exact) mass is 453 g/mol. The minimum absolute atomic E-state index is 0.0126. The number of hydrogen-bond acceptors (Lipinski definition) is 2. The lowest BCUT2D eigenvalue weighted by molar-refractivity contribution is 0.116. The summed E-state index contributed by atoms with van der Waals surface area (Å²) in [6.45, 7) is 13.2. The second kappa shape index (κ2) is 10.3. The van der Waals surface area contributed by atoms with Crippen molar-refractivity contribution < 1.29 is 4.79 Å². The zero-order chi connectivity index (χ0) is 24.1. The van der Waals surface area contributed by atoms with Crippen molar-refractivity contribution in [3.8, 4) is 0 Å². The van der Waals surface area contributed by atoms with Crippen LogP contribution < -0.4 is 5.32 Å². The number of piperazine rings is 1.